The first-order valence-electron chi connectivity index (χ1n) is 11.0. The Morgan fingerprint density at radius 2 is 1.85 bits per heavy atom. The minimum absolute atomic E-state index is 0.0546. The largest absolute Gasteiger partial charge is 0.495 e. The first kappa shape index (κ1) is 22.6. The number of thioether (sulfide) groups is 1. The molecule has 3 heterocycles. The monoisotopic (exact) mass is 492 g/mol. The maximum atomic E-state index is 12.7. The van der Waals surface area contributed by atoms with Gasteiger partial charge in [-0.2, -0.15) is 0 Å². The third-order valence-electron chi connectivity index (χ3n) is 5.57. The van der Waals surface area contributed by atoms with Crippen LogP contribution in [0.3, 0.4) is 0 Å². The second-order valence-corrected chi connectivity index (χ2v) is 9.57. The average molecular weight is 493 g/mol. The first-order chi connectivity index (χ1) is 16.7. The van der Waals surface area contributed by atoms with E-state index in [-0.39, 0.29) is 5.91 Å². The number of hydrogen-bond donors (Lipinski definition) is 0. The predicted molar refractivity (Wildman–Crippen MR) is 134 cm³/mol. The quantitative estimate of drug-likeness (QED) is 0.346. The molecule has 4 aromatic rings. The van der Waals surface area contributed by atoms with Gasteiger partial charge in [-0.15, -0.1) is 21.5 Å². The molecule has 0 aliphatic carbocycles. The smallest absolute Gasteiger partial charge is 0.254 e. The summed E-state index contributed by atoms with van der Waals surface area (Å²) in [6.07, 6.45) is 0. The predicted octanol–water partition coefficient (Wildman–Crippen LogP) is 4.77. The van der Waals surface area contributed by atoms with Crippen LogP contribution in [-0.2, 0) is 10.5 Å². The van der Waals surface area contributed by atoms with E-state index in [4.69, 9.17) is 9.47 Å². The number of morpholine rings is 1. The standard InChI is InChI=1S/C25H24N4O3S2/c1-31-21-6-3-2-5-20(21)29-23(22-7-4-16-33-22)26-27-25(29)34-17-18-8-10-19(11-9-18)24(30)28-12-14-32-15-13-28/h2-11,16H,12-15,17H2,1H3. The minimum atomic E-state index is 0.0546. The van der Waals surface area contributed by atoms with E-state index in [1.807, 2.05) is 75.5 Å². The summed E-state index contributed by atoms with van der Waals surface area (Å²) in [4.78, 5) is 15.6. The van der Waals surface area contributed by atoms with Crippen molar-refractivity contribution in [2.45, 2.75) is 10.9 Å². The summed E-state index contributed by atoms with van der Waals surface area (Å²) in [6, 6.07) is 19.7. The first-order valence-corrected chi connectivity index (χ1v) is 12.8. The third kappa shape index (κ3) is 4.72. The minimum Gasteiger partial charge on any atom is -0.495 e. The Morgan fingerprint density at radius 1 is 1.06 bits per heavy atom. The number of carbonyl (C=O) groups excluding carboxylic acids is 1. The number of rotatable bonds is 7. The van der Waals surface area contributed by atoms with Gasteiger partial charge < -0.3 is 14.4 Å². The molecule has 5 rings (SSSR count). The number of carbonyl (C=O) groups is 1. The Morgan fingerprint density at radius 3 is 2.59 bits per heavy atom. The summed E-state index contributed by atoms with van der Waals surface area (Å²) in [5.41, 5.74) is 2.70. The van der Waals surface area contributed by atoms with Crippen LogP contribution in [0.4, 0.5) is 0 Å². The molecule has 0 saturated carbocycles. The van der Waals surface area contributed by atoms with E-state index in [1.165, 1.54) is 0 Å². The van der Waals surface area contributed by atoms with Crippen molar-refractivity contribution in [2.24, 2.45) is 0 Å². The van der Waals surface area contributed by atoms with Crippen LogP contribution in [0.15, 0.2) is 71.2 Å². The molecular weight excluding hydrogens is 468 g/mol. The summed E-state index contributed by atoms with van der Waals surface area (Å²) in [5.74, 6) is 2.30. The zero-order valence-corrected chi connectivity index (χ0v) is 20.3. The molecule has 2 aromatic heterocycles. The molecule has 0 spiro atoms. The molecule has 0 bridgehead atoms. The highest BCUT2D eigenvalue weighted by Crippen LogP contribution is 2.35. The van der Waals surface area contributed by atoms with E-state index in [9.17, 15) is 4.79 Å². The van der Waals surface area contributed by atoms with E-state index >= 15 is 0 Å². The van der Waals surface area contributed by atoms with Gasteiger partial charge in [0.25, 0.3) is 5.91 Å². The topological polar surface area (TPSA) is 69.5 Å². The second kappa shape index (κ2) is 10.4. The molecule has 1 aliphatic rings. The Hall–Kier alpha value is -3.14. The van der Waals surface area contributed by atoms with Crippen molar-refractivity contribution < 1.29 is 14.3 Å². The Balaban J connectivity index is 1.37. The third-order valence-corrected chi connectivity index (χ3v) is 7.43. The molecule has 1 fully saturated rings. The number of para-hydroxylation sites is 2. The number of methoxy groups -OCH3 is 1. The molecule has 34 heavy (non-hydrogen) atoms. The molecule has 0 unspecified atom stereocenters. The lowest BCUT2D eigenvalue weighted by molar-refractivity contribution is 0.0303. The van der Waals surface area contributed by atoms with E-state index < -0.39 is 0 Å². The maximum absolute atomic E-state index is 12.7. The van der Waals surface area contributed by atoms with Gasteiger partial charge in [0, 0.05) is 24.4 Å². The van der Waals surface area contributed by atoms with Gasteiger partial charge in [0.15, 0.2) is 11.0 Å². The highest BCUT2D eigenvalue weighted by molar-refractivity contribution is 7.98. The number of aromatic nitrogens is 3. The molecule has 1 amide bonds. The zero-order chi connectivity index (χ0) is 23.3. The van der Waals surface area contributed by atoms with Crippen LogP contribution in [0.1, 0.15) is 15.9 Å². The normalized spacial score (nSPS) is 13.7. The lowest BCUT2D eigenvalue weighted by Crippen LogP contribution is -2.40. The highest BCUT2D eigenvalue weighted by Gasteiger charge is 2.20. The number of benzene rings is 2. The molecule has 1 aliphatic heterocycles. The van der Waals surface area contributed by atoms with E-state index in [2.05, 4.69) is 10.2 Å². The van der Waals surface area contributed by atoms with Crippen molar-refractivity contribution in [2.75, 3.05) is 33.4 Å². The van der Waals surface area contributed by atoms with Crippen molar-refractivity contribution in [3.8, 4) is 22.1 Å². The Kier molecular flexibility index (Phi) is 6.94. The summed E-state index contributed by atoms with van der Waals surface area (Å²) >= 11 is 3.23. The number of amides is 1. The van der Waals surface area contributed by atoms with Gasteiger partial charge >= 0.3 is 0 Å². The molecule has 7 nitrogen and oxygen atoms in total. The van der Waals surface area contributed by atoms with Gasteiger partial charge in [-0.25, -0.2) is 0 Å². The molecule has 0 atom stereocenters. The van der Waals surface area contributed by atoms with Gasteiger partial charge in [0.2, 0.25) is 0 Å². The van der Waals surface area contributed by atoms with Gasteiger partial charge in [0.05, 0.1) is 30.9 Å². The van der Waals surface area contributed by atoms with E-state index in [0.717, 1.165) is 32.9 Å². The van der Waals surface area contributed by atoms with Crippen molar-refractivity contribution >= 4 is 29.0 Å². The molecular formula is C25H24N4O3S2. The van der Waals surface area contributed by atoms with Crippen molar-refractivity contribution in [3.05, 3.63) is 77.2 Å². The molecule has 174 valence electrons. The average Bonchev–Trinajstić information content (AvgIpc) is 3.58. The van der Waals surface area contributed by atoms with E-state index in [0.29, 0.717) is 37.6 Å². The van der Waals surface area contributed by atoms with E-state index in [1.54, 1.807) is 30.2 Å². The summed E-state index contributed by atoms with van der Waals surface area (Å²) in [7, 11) is 1.67. The van der Waals surface area contributed by atoms with Crippen LogP contribution in [0, 0.1) is 0 Å². The fraction of sp³-hybridized carbons (Fsp3) is 0.240. The van der Waals surface area contributed by atoms with Gasteiger partial charge in [0.1, 0.15) is 5.75 Å². The molecule has 0 radical (unpaired) electrons. The fourth-order valence-corrected chi connectivity index (χ4v) is 5.40. The van der Waals surface area contributed by atoms with Gasteiger partial charge in [-0.1, -0.05) is 42.1 Å². The molecule has 9 heteroatoms. The Labute approximate surface area is 206 Å². The lowest BCUT2D eigenvalue weighted by atomic mass is 10.1. The number of hydrogen-bond acceptors (Lipinski definition) is 7. The summed E-state index contributed by atoms with van der Waals surface area (Å²) in [6.45, 7) is 2.48. The van der Waals surface area contributed by atoms with Crippen molar-refractivity contribution in [1.29, 1.82) is 0 Å². The zero-order valence-electron chi connectivity index (χ0n) is 18.7. The summed E-state index contributed by atoms with van der Waals surface area (Å²) in [5, 5.41) is 11.8. The van der Waals surface area contributed by atoms with Crippen molar-refractivity contribution in [1.82, 2.24) is 19.7 Å². The molecule has 0 N–H and O–H groups in total. The van der Waals surface area contributed by atoms with Gasteiger partial charge in [-0.05, 0) is 41.3 Å². The summed E-state index contributed by atoms with van der Waals surface area (Å²) < 4.78 is 13.0. The number of ether oxygens (including phenoxy) is 2. The number of nitrogens with zero attached hydrogens (tertiary/aromatic N) is 4. The highest BCUT2D eigenvalue weighted by atomic mass is 32.2. The Bertz CT molecular complexity index is 1250. The van der Waals surface area contributed by atoms with Crippen molar-refractivity contribution in [3.63, 3.8) is 0 Å². The molecule has 1 saturated heterocycles. The molecule has 2 aromatic carbocycles. The van der Waals surface area contributed by atoms with Crippen LogP contribution < -0.4 is 4.74 Å². The lowest BCUT2D eigenvalue weighted by Gasteiger charge is -2.26. The number of thiophene rings is 1. The SMILES string of the molecule is COc1ccccc1-n1c(SCc2ccc(C(=O)N3CCOCC3)cc2)nnc1-c1cccs1. The van der Waals surface area contributed by atoms with Crippen LogP contribution in [0.25, 0.3) is 16.4 Å². The van der Waals surface area contributed by atoms with Crippen LogP contribution in [-0.4, -0.2) is 59.0 Å². The van der Waals surface area contributed by atoms with Crippen LogP contribution in [0.2, 0.25) is 0 Å². The van der Waals surface area contributed by atoms with Crippen LogP contribution >= 0.6 is 23.1 Å². The fourth-order valence-electron chi connectivity index (χ4n) is 3.80. The second-order valence-electron chi connectivity index (χ2n) is 7.68. The van der Waals surface area contributed by atoms with Gasteiger partial charge in [-0.3, -0.25) is 9.36 Å². The maximum Gasteiger partial charge on any atom is 0.254 e. The van der Waals surface area contributed by atoms with Crippen LogP contribution in [0.5, 0.6) is 5.75 Å².